The number of rotatable bonds is 3. The Hall–Kier alpha value is -1.02. The van der Waals surface area contributed by atoms with Crippen molar-refractivity contribution in [1.82, 2.24) is 0 Å². The maximum absolute atomic E-state index is 10.2. The molecular formula is C14H21NO. The van der Waals surface area contributed by atoms with Crippen LogP contribution in [0.4, 0.5) is 5.69 Å². The van der Waals surface area contributed by atoms with Crippen LogP contribution >= 0.6 is 0 Å². The molecule has 0 saturated carbocycles. The zero-order valence-electron chi connectivity index (χ0n) is 10.4. The van der Waals surface area contributed by atoms with Crippen LogP contribution in [-0.2, 0) is 6.42 Å². The smallest absolute Gasteiger partial charge is 0.0815 e. The molecule has 2 unspecified atom stereocenters. The van der Waals surface area contributed by atoms with E-state index in [-0.39, 0.29) is 6.10 Å². The fraction of sp³-hybridized carbons (Fsp3) is 0.571. The topological polar surface area (TPSA) is 23.5 Å². The molecule has 0 saturated heterocycles. The van der Waals surface area contributed by atoms with E-state index in [1.165, 1.54) is 11.3 Å². The van der Waals surface area contributed by atoms with Gasteiger partial charge in [0.15, 0.2) is 0 Å². The summed E-state index contributed by atoms with van der Waals surface area (Å²) >= 11 is 0. The Labute approximate surface area is 97.9 Å². The molecule has 0 aromatic heterocycles. The average molecular weight is 219 g/mol. The van der Waals surface area contributed by atoms with Crippen LogP contribution < -0.4 is 4.90 Å². The van der Waals surface area contributed by atoms with E-state index < -0.39 is 0 Å². The molecule has 0 bridgehead atoms. The lowest BCUT2D eigenvalue weighted by Crippen LogP contribution is -2.12. The van der Waals surface area contributed by atoms with Gasteiger partial charge in [0.25, 0.3) is 0 Å². The van der Waals surface area contributed by atoms with Crippen LogP contribution in [-0.4, -0.2) is 18.7 Å². The van der Waals surface area contributed by atoms with Gasteiger partial charge in [0.1, 0.15) is 0 Å². The van der Waals surface area contributed by atoms with Crippen LogP contribution in [0.3, 0.4) is 0 Å². The third-order valence-corrected chi connectivity index (χ3v) is 3.76. The van der Waals surface area contributed by atoms with E-state index in [0.29, 0.717) is 5.92 Å². The van der Waals surface area contributed by atoms with Crippen molar-refractivity contribution in [1.29, 1.82) is 0 Å². The maximum Gasteiger partial charge on any atom is 0.0815 e. The van der Waals surface area contributed by atoms with Gasteiger partial charge in [-0.15, -0.1) is 0 Å². The third kappa shape index (κ3) is 1.94. The van der Waals surface area contributed by atoms with Gasteiger partial charge in [-0.25, -0.2) is 0 Å². The summed E-state index contributed by atoms with van der Waals surface area (Å²) in [5.41, 5.74) is 3.77. The maximum atomic E-state index is 10.2. The number of benzene rings is 1. The van der Waals surface area contributed by atoms with Crippen LogP contribution in [0.25, 0.3) is 0 Å². The van der Waals surface area contributed by atoms with Crippen LogP contribution in [0.15, 0.2) is 18.2 Å². The first-order chi connectivity index (χ1) is 7.63. The number of hydrogen-bond donors (Lipinski definition) is 1. The number of aliphatic hydroxyl groups is 1. The highest BCUT2D eigenvalue weighted by Gasteiger charge is 2.19. The largest absolute Gasteiger partial charge is 0.388 e. The second kappa shape index (κ2) is 4.46. The Morgan fingerprint density at radius 2 is 2.19 bits per heavy atom. The van der Waals surface area contributed by atoms with Crippen molar-refractivity contribution >= 4 is 5.69 Å². The molecule has 16 heavy (non-hydrogen) atoms. The molecule has 2 atom stereocenters. The van der Waals surface area contributed by atoms with Crippen LogP contribution in [0.2, 0.25) is 0 Å². The number of nitrogens with zero attached hydrogens (tertiary/aromatic N) is 1. The lowest BCUT2D eigenvalue weighted by Gasteiger charge is -2.19. The Balaban J connectivity index is 2.25. The van der Waals surface area contributed by atoms with E-state index in [1.807, 2.05) is 0 Å². The zero-order chi connectivity index (χ0) is 11.7. The van der Waals surface area contributed by atoms with Gasteiger partial charge < -0.3 is 10.0 Å². The summed E-state index contributed by atoms with van der Waals surface area (Å²) in [5.74, 6) is 0.331. The van der Waals surface area contributed by atoms with E-state index in [1.54, 1.807) is 0 Å². The molecule has 1 N–H and O–H groups in total. The summed E-state index contributed by atoms with van der Waals surface area (Å²) in [7, 11) is 2.12. The molecule has 0 amide bonds. The van der Waals surface area contributed by atoms with E-state index in [0.717, 1.165) is 24.9 Å². The first-order valence-corrected chi connectivity index (χ1v) is 6.15. The molecule has 0 radical (unpaired) electrons. The lowest BCUT2D eigenvalue weighted by atomic mass is 9.94. The molecule has 1 aliphatic rings. The average Bonchev–Trinajstić information content (AvgIpc) is 2.68. The second-order valence-electron chi connectivity index (χ2n) is 4.89. The Kier molecular flexibility index (Phi) is 3.20. The van der Waals surface area contributed by atoms with Crippen LogP contribution in [0.5, 0.6) is 0 Å². The first kappa shape index (κ1) is 11.5. The Bertz CT molecular complexity index is 375. The molecule has 2 heteroatoms. The minimum atomic E-state index is -0.318. The standard InChI is InChI=1S/C14H21NO/c1-4-10(2)14(16)12-5-6-13-11(9-12)7-8-15(13)3/h5-6,9-10,14,16H,4,7-8H2,1-3H3. The van der Waals surface area contributed by atoms with Gasteiger partial charge in [0.05, 0.1) is 6.10 Å². The van der Waals surface area contributed by atoms with Crippen molar-refractivity contribution in [2.24, 2.45) is 5.92 Å². The minimum absolute atomic E-state index is 0.318. The van der Waals surface area contributed by atoms with Crippen molar-refractivity contribution in [2.75, 3.05) is 18.5 Å². The number of aliphatic hydroxyl groups excluding tert-OH is 1. The molecule has 1 heterocycles. The summed E-state index contributed by atoms with van der Waals surface area (Å²) in [6.45, 7) is 5.32. The van der Waals surface area contributed by atoms with Gasteiger partial charge in [-0.05, 0) is 29.5 Å². The van der Waals surface area contributed by atoms with E-state index >= 15 is 0 Å². The minimum Gasteiger partial charge on any atom is -0.388 e. The molecule has 0 aliphatic carbocycles. The van der Waals surface area contributed by atoms with Gasteiger partial charge in [-0.3, -0.25) is 0 Å². The summed E-state index contributed by atoms with van der Waals surface area (Å²) in [4.78, 5) is 2.27. The molecule has 0 fully saturated rings. The highest BCUT2D eigenvalue weighted by molar-refractivity contribution is 5.58. The Morgan fingerprint density at radius 1 is 1.44 bits per heavy atom. The second-order valence-corrected chi connectivity index (χ2v) is 4.89. The normalized spacial score (nSPS) is 18.4. The van der Waals surface area contributed by atoms with E-state index in [9.17, 15) is 5.11 Å². The molecular weight excluding hydrogens is 198 g/mol. The van der Waals surface area contributed by atoms with Crippen molar-refractivity contribution in [2.45, 2.75) is 32.8 Å². The van der Waals surface area contributed by atoms with Gasteiger partial charge in [-0.2, -0.15) is 0 Å². The predicted molar refractivity (Wildman–Crippen MR) is 67.8 cm³/mol. The molecule has 0 spiro atoms. The number of fused-ring (bicyclic) bond motifs is 1. The zero-order valence-corrected chi connectivity index (χ0v) is 10.4. The number of hydrogen-bond acceptors (Lipinski definition) is 2. The van der Waals surface area contributed by atoms with Gasteiger partial charge in [-0.1, -0.05) is 32.4 Å². The summed E-state index contributed by atoms with van der Waals surface area (Å²) in [6, 6.07) is 6.39. The highest BCUT2D eigenvalue weighted by Crippen LogP contribution is 2.31. The lowest BCUT2D eigenvalue weighted by molar-refractivity contribution is 0.115. The SMILES string of the molecule is CCC(C)C(O)c1ccc2c(c1)CCN2C. The molecule has 88 valence electrons. The molecule has 1 aliphatic heterocycles. The van der Waals surface area contributed by atoms with E-state index in [4.69, 9.17) is 0 Å². The molecule has 2 rings (SSSR count). The van der Waals surface area contributed by atoms with Crippen molar-refractivity contribution in [3.05, 3.63) is 29.3 Å². The van der Waals surface area contributed by atoms with Crippen molar-refractivity contribution in [3.63, 3.8) is 0 Å². The fourth-order valence-corrected chi connectivity index (χ4v) is 2.32. The fourth-order valence-electron chi connectivity index (χ4n) is 2.32. The van der Waals surface area contributed by atoms with Gasteiger partial charge in [0, 0.05) is 19.3 Å². The molecule has 1 aromatic carbocycles. The van der Waals surface area contributed by atoms with Gasteiger partial charge >= 0.3 is 0 Å². The highest BCUT2D eigenvalue weighted by atomic mass is 16.3. The summed E-state index contributed by atoms with van der Waals surface area (Å²) in [5, 5.41) is 10.2. The Morgan fingerprint density at radius 3 is 2.88 bits per heavy atom. The molecule has 1 aromatic rings. The first-order valence-electron chi connectivity index (χ1n) is 6.15. The summed E-state index contributed by atoms with van der Waals surface area (Å²) < 4.78 is 0. The van der Waals surface area contributed by atoms with Crippen LogP contribution in [0.1, 0.15) is 37.5 Å². The predicted octanol–water partition coefficient (Wildman–Crippen LogP) is 2.76. The molecule has 2 nitrogen and oxygen atoms in total. The quantitative estimate of drug-likeness (QED) is 0.845. The summed E-state index contributed by atoms with van der Waals surface area (Å²) in [6.07, 6.45) is 1.80. The third-order valence-electron chi connectivity index (χ3n) is 3.76. The van der Waals surface area contributed by atoms with Crippen LogP contribution in [0, 0.1) is 5.92 Å². The van der Waals surface area contributed by atoms with Crippen molar-refractivity contribution < 1.29 is 5.11 Å². The number of anilines is 1. The van der Waals surface area contributed by atoms with E-state index in [2.05, 4.69) is 44.0 Å². The van der Waals surface area contributed by atoms with Gasteiger partial charge in [0.2, 0.25) is 0 Å². The monoisotopic (exact) mass is 219 g/mol. The number of likely N-dealkylation sites (N-methyl/N-ethyl adjacent to an activating group) is 1. The van der Waals surface area contributed by atoms with Crippen molar-refractivity contribution in [3.8, 4) is 0 Å².